The van der Waals surface area contributed by atoms with Gasteiger partial charge in [0.2, 0.25) is 0 Å². The minimum absolute atomic E-state index is 0.380. The van der Waals surface area contributed by atoms with E-state index in [1.165, 1.54) is 32.1 Å². The summed E-state index contributed by atoms with van der Waals surface area (Å²) < 4.78 is 5.50. The van der Waals surface area contributed by atoms with Crippen molar-refractivity contribution in [1.29, 1.82) is 0 Å². The van der Waals surface area contributed by atoms with E-state index < -0.39 is 0 Å². The lowest BCUT2D eigenvalue weighted by molar-refractivity contribution is 0.0354. The van der Waals surface area contributed by atoms with Crippen LogP contribution in [0.3, 0.4) is 0 Å². The molecule has 122 valence electrons. The van der Waals surface area contributed by atoms with Crippen LogP contribution in [0.5, 0.6) is 0 Å². The minimum atomic E-state index is -0.380. The van der Waals surface area contributed by atoms with Crippen LogP contribution in [0.15, 0.2) is 0 Å². The highest BCUT2D eigenvalue weighted by molar-refractivity contribution is 4.59. The molecule has 0 aromatic carbocycles. The zero-order valence-corrected chi connectivity index (χ0v) is 13.9. The first-order valence-electron chi connectivity index (χ1n) is 8.28. The number of hydrogen-bond acceptors (Lipinski definition) is 4. The van der Waals surface area contributed by atoms with Crippen LogP contribution in [0.25, 0.3) is 0 Å². The van der Waals surface area contributed by atoms with Gasteiger partial charge in [0, 0.05) is 13.2 Å². The van der Waals surface area contributed by atoms with Crippen molar-refractivity contribution in [2.75, 3.05) is 46.9 Å². The highest BCUT2D eigenvalue weighted by atomic mass is 16.5. The van der Waals surface area contributed by atoms with Gasteiger partial charge in [-0.25, -0.2) is 0 Å². The van der Waals surface area contributed by atoms with Gasteiger partial charge in [-0.2, -0.15) is 0 Å². The Kier molecular flexibility index (Phi) is 15.1. The zero-order chi connectivity index (χ0) is 15.1. The standard InChI is InChI=1S/C16H36N2O2/c1-4-5-6-7-8-9-13-20-15-16(19)14-17-11-10-12-18(2)3/h16-17,19H,4-15H2,1-3H3. The molecule has 4 heteroatoms. The molecule has 20 heavy (non-hydrogen) atoms. The molecule has 0 aliphatic rings. The molecule has 0 aromatic heterocycles. The average Bonchev–Trinajstić information content (AvgIpc) is 2.41. The number of aliphatic hydroxyl groups excluding tert-OH is 1. The molecule has 0 aromatic rings. The van der Waals surface area contributed by atoms with Gasteiger partial charge < -0.3 is 20.1 Å². The second kappa shape index (κ2) is 15.2. The van der Waals surface area contributed by atoms with Crippen molar-refractivity contribution >= 4 is 0 Å². The van der Waals surface area contributed by atoms with Crippen molar-refractivity contribution in [3.63, 3.8) is 0 Å². The molecule has 0 aliphatic heterocycles. The van der Waals surface area contributed by atoms with Crippen molar-refractivity contribution in [1.82, 2.24) is 10.2 Å². The maximum absolute atomic E-state index is 9.73. The topological polar surface area (TPSA) is 44.7 Å². The van der Waals surface area contributed by atoms with Crippen LogP contribution in [0.4, 0.5) is 0 Å². The van der Waals surface area contributed by atoms with Gasteiger partial charge in [0.1, 0.15) is 0 Å². The second-order valence-electron chi connectivity index (χ2n) is 5.86. The number of nitrogens with one attached hydrogen (secondary N) is 1. The van der Waals surface area contributed by atoms with Crippen LogP contribution in [0, 0.1) is 0 Å². The largest absolute Gasteiger partial charge is 0.389 e. The molecular formula is C16H36N2O2. The van der Waals surface area contributed by atoms with Gasteiger partial charge in [0.05, 0.1) is 12.7 Å². The summed E-state index contributed by atoms with van der Waals surface area (Å²) in [5.41, 5.74) is 0. The molecule has 4 nitrogen and oxygen atoms in total. The summed E-state index contributed by atoms with van der Waals surface area (Å²) in [6.07, 6.45) is 8.39. The lowest BCUT2D eigenvalue weighted by atomic mass is 10.1. The maximum atomic E-state index is 9.73. The van der Waals surface area contributed by atoms with Crippen molar-refractivity contribution < 1.29 is 9.84 Å². The van der Waals surface area contributed by atoms with Crippen LogP contribution in [-0.4, -0.2) is 63.1 Å². The van der Waals surface area contributed by atoms with Crippen LogP contribution in [0.1, 0.15) is 51.9 Å². The first kappa shape index (κ1) is 19.8. The zero-order valence-electron chi connectivity index (χ0n) is 13.9. The lowest BCUT2D eigenvalue weighted by Gasteiger charge is -2.13. The van der Waals surface area contributed by atoms with Crippen molar-refractivity contribution in [2.24, 2.45) is 0 Å². The third-order valence-electron chi connectivity index (χ3n) is 3.29. The summed E-state index contributed by atoms with van der Waals surface area (Å²) in [5, 5.41) is 13.0. The van der Waals surface area contributed by atoms with E-state index in [2.05, 4.69) is 31.2 Å². The highest BCUT2D eigenvalue weighted by Gasteiger charge is 2.03. The molecule has 0 saturated carbocycles. The van der Waals surface area contributed by atoms with Crippen LogP contribution >= 0.6 is 0 Å². The van der Waals surface area contributed by atoms with Crippen LogP contribution < -0.4 is 5.32 Å². The van der Waals surface area contributed by atoms with E-state index >= 15 is 0 Å². The number of hydrogen-bond donors (Lipinski definition) is 2. The average molecular weight is 288 g/mol. The Labute approximate surface area is 125 Å². The van der Waals surface area contributed by atoms with Crippen LogP contribution in [0.2, 0.25) is 0 Å². The van der Waals surface area contributed by atoms with Gasteiger partial charge in [-0.05, 0) is 40.0 Å². The van der Waals surface area contributed by atoms with Gasteiger partial charge in [0.15, 0.2) is 0 Å². The summed E-state index contributed by atoms with van der Waals surface area (Å²) >= 11 is 0. The van der Waals surface area contributed by atoms with E-state index in [0.717, 1.165) is 32.5 Å². The van der Waals surface area contributed by atoms with Crippen molar-refractivity contribution in [2.45, 2.75) is 58.0 Å². The van der Waals surface area contributed by atoms with Gasteiger partial charge in [-0.1, -0.05) is 39.0 Å². The SMILES string of the molecule is CCCCCCCCOCC(O)CNCCCN(C)C. The fourth-order valence-corrected chi connectivity index (χ4v) is 2.05. The molecule has 0 heterocycles. The van der Waals surface area contributed by atoms with Gasteiger partial charge >= 0.3 is 0 Å². The van der Waals surface area contributed by atoms with E-state index in [4.69, 9.17) is 4.74 Å². The summed E-state index contributed by atoms with van der Waals surface area (Å²) in [6, 6.07) is 0. The number of unbranched alkanes of at least 4 members (excludes halogenated alkanes) is 5. The Morgan fingerprint density at radius 3 is 2.45 bits per heavy atom. The first-order valence-corrected chi connectivity index (χ1v) is 8.28. The predicted octanol–water partition coefficient (Wildman–Crippen LogP) is 2.27. The smallest absolute Gasteiger partial charge is 0.0897 e. The Morgan fingerprint density at radius 2 is 1.75 bits per heavy atom. The molecule has 0 aliphatic carbocycles. The van der Waals surface area contributed by atoms with Crippen LogP contribution in [-0.2, 0) is 4.74 Å². The predicted molar refractivity (Wildman–Crippen MR) is 86.2 cm³/mol. The summed E-state index contributed by atoms with van der Waals surface area (Å²) in [5.74, 6) is 0. The van der Waals surface area contributed by atoms with Gasteiger partial charge in [0.25, 0.3) is 0 Å². The maximum Gasteiger partial charge on any atom is 0.0897 e. The Morgan fingerprint density at radius 1 is 1.05 bits per heavy atom. The molecule has 2 N–H and O–H groups in total. The van der Waals surface area contributed by atoms with E-state index in [0.29, 0.717) is 13.2 Å². The normalized spacial score (nSPS) is 13.1. The molecule has 0 fully saturated rings. The second-order valence-corrected chi connectivity index (χ2v) is 5.86. The first-order chi connectivity index (χ1) is 9.66. The molecule has 0 spiro atoms. The van der Waals surface area contributed by atoms with Gasteiger partial charge in [-0.15, -0.1) is 0 Å². The Bertz CT molecular complexity index is 189. The minimum Gasteiger partial charge on any atom is -0.389 e. The molecule has 0 radical (unpaired) electrons. The fourth-order valence-electron chi connectivity index (χ4n) is 2.05. The quantitative estimate of drug-likeness (QED) is 0.454. The number of aliphatic hydroxyl groups is 1. The number of nitrogens with zero attached hydrogens (tertiary/aromatic N) is 1. The van der Waals surface area contributed by atoms with E-state index in [-0.39, 0.29) is 6.10 Å². The number of rotatable bonds is 15. The fraction of sp³-hybridized carbons (Fsp3) is 1.00. The molecule has 1 atom stereocenters. The monoisotopic (exact) mass is 288 g/mol. The van der Waals surface area contributed by atoms with E-state index in [9.17, 15) is 5.11 Å². The van der Waals surface area contributed by atoms with Crippen molar-refractivity contribution in [3.8, 4) is 0 Å². The van der Waals surface area contributed by atoms with Crippen molar-refractivity contribution in [3.05, 3.63) is 0 Å². The summed E-state index contributed by atoms with van der Waals surface area (Å²) in [6.45, 7) is 6.13. The molecule has 1 unspecified atom stereocenters. The molecule has 0 rings (SSSR count). The summed E-state index contributed by atoms with van der Waals surface area (Å²) in [4.78, 5) is 2.17. The third-order valence-corrected chi connectivity index (χ3v) is 3.29. The summed E-state index contributed by atoms with van der Waals surface area (Å²) in [7, 11) is 4.15. The molecular weight excluding hydrogens is 252 g/mol. The Hall–Kier alpha value is -0.160. The third kappa shape index (κ3) is 15.9. The lowest BCUT2D eigenvalue weighted by Crippen LogP contribution is -2.32. The van der Waals surface area contributed by atoms with E-state index in [1.54, 1.807) is 0 Å². The van der Waals surface area contributed by atoms with Gasteiger partial charge in [-0.3, -0.25) is 0 Å². The molecule has 0 amide bonds. The Balaban J connectivity index is 3.14. The molecule has 0 saturated heterocycles. The van der Waals surface area contributed by atoms with E-state index in [1.807, 2.05) is 0 Å². The highest BCUT2D eigenvalue weighted by Crippen LogP contribution is 2.04. The number of ether oxygens (including phenoxy) is 1. The molecule has 0 bridgehead atoms.